The normalized spacial score (nSPS) is 10.2. The molecule has 15 heavy (non-hydrogen) atoms. The predicted octanol–water partition coefficient (Wildman–Crippen LogP) is 2.30. The summed E-state index contributed by atoms with van der Waals surface area (Å²) in [5, 5.41) is 0. The summed E-state index contributed by atoms with van der Waals surface area (Å²) in [6.07, 6.45) is 14.7. The zero-order valence-corrected chi connectivity index (χ0v) is 9.87. The summed E-state index contributed by atoms with van der Waals surface area (Å²) < 4.78 is 4.40. The van der Waals surface area contributed by atoms with Crippen molar-refractivity contribution in [2.45, 2.75) is 52.6 Å². The van der Waals surface area contributed by atoms with Crippen LogP contribution in [0.25, 0.3) is 0 Å². The lowest BCUT2D eigenvalue weighted by atomic mass is 10.2. The summed E-state index contributed by atoms with van der Waals surface area (Å²) in [6, 6.07) is 0. The topological polar surface area (TPSA) is 8.81 Å². The van der Waals surface area contributed by atoms with Gasteiger partial charge in [0, 0.05) is 6.92 Å². The Morgan fingerprint density at radius 3 is 2.87 bits per heavy atom. The first-order chi connectivity index (χ1) is 7.29. The van der Waals surface area contributed by atoms with Gasteiger partial charge in [0.25, 0.3) is 5.82 Å². The number of aromatic nitrogens is 2. The molecule has 0 aliphatic heterocycles. The minimum atomic E-state index is 0.674. The third-order valence-corrected chi connectivity index (χ3v) is 2.77. The highest BCUT2D eigenvalue weighted by molar-refractivity contribution is 4.90. The van der Waals surface area contributed by atoms with Crippen molar-refractivity contribution in [2.24, 2.45) is 0 Å². The van der Waals surface area contributed by atoms with Crippen LogP contribution in [-0.2, 0) is 13.1 Å². The van der Waals surface area contributed by atoms with Crippen LogP contribution in [-0.4, -0.2) is 4.57 Å². The van der Waals surface area contributed by atoms with E-state index in [1.165, 1.54) is 31.5 Å². The molecule has 0 unspecified atom stereocenters. The molecule has 0 bridgehead atoms. The smallest absolute Gasteiger partial charge is 0.234 e. The molecule has 0 amide bonds. The molecular weight excluding hydrogens is 184 g/mol. The lowest BCUT2D eigenvalue weighted by Gasteiger charge is -1.99. The summed E-state index contributed by atoms with van der Waals surface area (Å²) in [4.78, 5) is 0. The number of nitrogens with zero attached hydrogens (tertiary/aromatic N) is 2. The van der Waals surface area contributed by atoms with Gasteiger partial charge in [-0.1, -0.05) is 25.7 Å². The maximum absolute atomic E-state index is 5.30. The molecule has 0 saturated heterocycles. The maximum Gasteiger partial charge on any atom is 0.254 e. The molecular formula is C13H21N2+. The number of rotatable bonds is 6. The summed E-state index contributed by atoms with van der Waals surface area (Å²) in [7, 11) is 0. The van der Waals surface area contributed by atoms with Gasteiger partial charge in [0.15, 0.2) is 6.54 Å². The van der Waals surface area contributed by atoms with Gasteiger partial charge in [0.1, 0.15) is 12.4 Å². The molecule has 2 heteroatoms. The van der Waals surface area contributed by atoms with E-state index in [1.807, 2.05) is 0 Å². The summed E-state index contributed by atoms with van der Waals surface area (Å²) in [5.41, 5.74) is 0. The first-order valence-corrected chi connectivity index (χ1v) is 5.78. The van der Waals surface area contributed by atoms with Crippen LogP contribution < -0.4 is 4.57 Å². The molecule has 1 rings (SSSR count). The highest BCUT2D eigenvalue weighted by Crippen LogP contribution is 2.00. The van der Waals surface area contributed by atoms with Gasteiger partial charge in [-0.15, -0.1) is 6.42 Å². The average Bonchev–Trinajstić information content (AvgIpc) is 2.57. The molecule has 0 fully saturated rings. The molecule has 0 N–H and O–H groups in total. The Bertz CT molecular complexity index is 331. The van der Waals surface area contributed by atoms with Crippen molar-refractivity contribution in [3.8, 4) is 12.3 Å². The van der Waals surface area contributed by atoms with E-state index in [-0.39, 0.29) is 0 Å². The Balaban J connectivity index is 2.44. The molecule has 82 valence electrons. The van der Waals surface area contributed by atoms with E-state index in [9.17, 15) is 0 Å². The second-order valence-electron chi connectivity index (χ2n) is 3.93. The molecule has 0 atom stereocenters. The Labute approximate surface area is 92.9 Å². The van der Waals surface area contributed by atoms with Crippen LogP contribution in [0.2, 0.25) is 0 Å². The minimum absolute atomic E-state index is 0.674. The fourth-order valence-electron chi connectivity index (χ4n) is 1.75. The highest BCUT2D eigenvalue weighted by atomic mass is 15.1. The second kappa shape index (κ2) is 6.29. The molecule has 1 heterocycles. The van der Waals surface area contributed by atoms with Gasteiger partial charge < -0.3 is 0 Å². The Morgan fingerprint density at radius 2 is 2.20 bits per heavy atom. The standard InChI is InChI=1S/C13H21N2/c1-4-6-7-8-10-15-12-11-14(9-5-2)13(15)3/h2,11-12H,4,6-10H2,1,3H3/q+1. The van der Waals surface area contributed by atoms with Crippen LogP contribution in [0.15, 0.2) is 12.4 Å². The van der Waals surface area contributed by atoms with Crippen molar-refractivity contribution in [1.29, 1.82) is 0 Å². The number of terminal acetylenes is 1. The van der Waals surface area contributed by atoms with Gasteiger partial charge in [-0.05, 0) is 12.8 Å². The zero-order chi connectivity index (χ0) is 11.1. The number of imidazole rings is 1. The van der Waals surface area contributed by atoms with Crippen LogP contribution >= 0.6 is 0 Å². The Morgan fingerprint density at radius 1 is 1.40 bits per heavy atom. The van der Waals surface area contributed by atoms with Gasteiger partial charge in [0.05, 0.1) is 6.54 Å². The first-order valence-electron chi connectivity index (χ1n) is 5.78. The zero-order valence-electron chi connectivity index (χ0n) is 9.87. The molecule has 0 spiro atoms. The van der Waals surface area contributed by atoms with Crippen LogP contribution in [0.4, 0.5) is 0 Å². The molecule has 0 aliphatic rings. The quantitative estimate of drug-likeness (QED) is 0.383. The van der Waals surface area contributed by atoms with Gasteiger partial charge >= 0.3 is 0 Å². The Hall–Kier alpha value is -1.23. The molecule has 0 aliphatic carbocycles. The van der Waals surface area contributed by atoms with Crippen molar-refractivity contribution in [3.05, 3.63) is 18.2 Å². The second-order valence-corrected chi connectivity index (χ2v) is 3.93. The largest absolute Gasteiger partial charge is 0.254 e. The predicted molar refractivity (Wildman–Crippen MR) is 62.3 cm³/mol. The lowest BCUT2D eigenvalue weighted by Crippen LogP contribution is -2.35. The number of aryl methyl sites for hydroxylation is 1. The van der Waals surface area contributed by atoms with E-state index < -0.39 is 0 Å². The average molecular weight is 205 g/mol. The monoisotopic (exact) mass is 205 g/mol. The molecule has 1 aromatic rings. The van der Waals surface area contributed by atoms with Crippen molar-refractivity contribution < 1.29 is 4.57 Å². The summed E-state index contributed by atoms with van der Waals surface area (Å²) in [5.74, 6) is 3.92. The van der Waals surface area contributed by atoms with Crippen molar-refractivity contribution in [1.82, 2.24) is 4.57 Å². The summed E-state index contributed by atoms with van der Waals surface area (Å²) >= 11 is 0. The fourth-order valence-corrected chi connectivity index (χ4v) is 1.75. The van der Waals surface area contributed by atoms with Gasteiger partial charge in [-0.25, -0.2) is 9.13 Å². The van der Waals surface area contributed by atoms with Gasteiger partial charge in [-0.2, -0.15) is 0 Å². The first kappa shape index (κ1) is 11.8. The van der Waals surface area contributed by atoms with E-state index >= 15 is 0 Å². The maximum atomic E-state index is 5.30. The van der Waals surface area contributed by atoms with E-state index in [2.05, 4.69) is 41.3 Å². The van der Waals surface area contributed by atoms with Gasteiger partial charge in [-0.3, -0.25) is 0 Å². The SMILES string of the molecule is C#CCn1cc[n+](CCCCCC)c1C. The molecule has 0 aromatic carbocycles. The van der Waals surface area contributed by atoms with Crippen LogP contribution in [0.1, 0.15) is 38.4 Å². The third-order valence-electron chi connectivity index (χ3n) is 2.77. The van der Waals surface area contributed by atoms with Crippen molar-refractivity contribution in [3.63, 3.8) is 0 Å². The molecule has 1 aromatic heterocycles. The summed E-state index contributed by atoms with van der Waals surface area (Å²) in [6.45, 7) is 6.15. The van der Waals surface area contributed by atoms with Crippen LogP contribution in [0, 0.1) is 19.3 Å². The van der Waals surface area contributed by atoms with E-state index in [1.54, 1.807) is 0 Å². The number of hydrogen-bond acceptors (Lipinski definition) is 0. The van der Waals surface area contributed by atoms with Gasteiger partial charge in [0.2, 0.25) is 0 Å². The highest BCUT2D eigenvalue weighted by Gasteiger charge is 2.09. The van der Waals surface area contributed by atoms with E-state index in [0.717, 1.165) is 6.54 Å². The molecule has 2 nitrogen and oxygen atoms in total. The van der Waals surface area contributed by atoms with Crippen LogP contribution in [0.3, 0.4) is 0 Å². The molecule has 0 saturated carbocycles. The fraction of sp³-hybridized carbons (Fsp3) is 0.615. The van der Waals surface area contributed by atoms with Crippen molar-refractivity contribution >= 4 is 0 Å². The third kappa shape index (κ3) is 3.43. The van der Waals surface area contributed by atoms with E-state index in [4.69, 9.17) is 6.42 Å². The molecule has 0 radical (unpaired) electrons. The minimum Gasteiger partial charge on any atom is -0.234 e. The lowest BCUT2D eigenvalue weighted by molar-refractivity contribution is -0.702. The Kier molecular flexibility index (Phi) is 4.97. The van der Waals surface area contributed by atoms with Crippen LogP contribution in [0.5, 0.6) is 0 Å². The van der Waals surface area contributed by atoms with E-state index in [0.29, 0.717) is 6.54 Å². The number of unbranched alkanes of at least 4 members (excludes halogenated alkanes) is 3. The van der Waals surface area contributed by atoms with Crippen molar-refractivity contribution in [2.75, 3.05) is 0 Å². The number of hydrogen-bond donors (Lipinski definition) is 0.